The van der Waals surface area contributed by atoms with Crippen LogP contribution in [-0.2, 0) is 11.2 Å². The number of hydrogen-bond donors (Lipinski definition) is 2. The monoisotopic (exact) mass is 302 g/mol. The van der Waals surface area contributed by atoms with E-state index in [1.54, 1.807) is 14.0 Å². The number of carbonyl (C=O) groups is 2. The summed E-state index contributed by atoms with van der Waals surface area (Å²) in [6, 6.07) is 9.26. The van der Waals surface area contributed by atoms with Gasteiger partial charge in [-0.2, -0.15) is 0 Å². The molecule has 0 aliphatic heterocycles. The fourth-order valence-corrected chi connectivity index (χ4v) is 2.07. The lowest BCUT2D eigenvalue weighted by Crippen LogP contribution is -2.45. The predicted molar refractivity (Wildman–Crippen MR) is 85.3 cm³/mol. The number of carboxylic acid groups (broad SMARTS) is 1. The molecule has 0 spiro atoms. The maximum absolute atomic E-state index is 12.1. The second kappa shape index (κ2) is 8.73. The number of amides is 2. The molecule has 0 bridgehead atoms. The number of benzene rings is 1. The van der Waals surface area contributed by atoms with Crippen LogP contribution in [0.3, 0.4) is 0 Å². The molecule has 5 nitrogen and oxygen atoms in total. The molecule has 0 aliphatic rings. The fraction of sp³-hybridized carbons (Fsp3) is 0.412. The Balaban J connectivity index is 2.60. The van der Waals surface area contributed by atoms with E-state index in [-0.39, 0.29) is 18.6 Å². The summed E-state index contributed by atoms with van der Waals surface area (Å²) in [5.41, 5.74) is 1.09. The van der Waals surface area contributed by atoms with Crippen LogP contribution >= 0.6 is 0 Å². The summed E-state index contributed by atoms with van der Waals surface area (Å²) in [4.78, 5) is 24.3. The zero-order valence-electron chi connectivity index (χ0n) is 13.0. The van der Waals surface area contributed by atoms with Crippen molar-refractivity contribution in [2.45, 2.75) is 25.8 Å². The van der Waals surface area contributed by atoms with Gasteiger partial charge in [0, 0.05) is 26.1 Å². The third-order valence-electron chi connectivity index (χ3n) is 3.33. The van der Waals surface area contributed by atoms with E-state index in [1.807, 2.05) is 30.3 Å². The third-order valence-corrected chi connectivity index (χ3v) is 3.33. The molecule has 0 saturated heterocycles. The van der Waals surface area contributed by atoms with E-state index in [0.717, 1.165) is 5.56 Å². The van der Waals surface area contributed by atoms with Gasteiger partial charge >= 0.3 is 12.0 Å². The Labute approximate surface area is 131 Å². The first-order valence-electron chi connectivity index (χ1n) is 7.15. The van der Waals surface area contributed by atoms with Gasteiger partial charge < -0.3 is 15.3 Å². The van der Waals surface area contributed by atoms with Crippen molar-refractivity contribution < 1.29 is 14.7 Å². The Morgan fingerprint density at radius 3 is 2.55 bits per heavy atom. The molecule has 1 aromatic rings. The molecule has 0 radical (unpaired) electrons. The van der Waals surface area contributed by atoms with Gasteiger partial charge in [0.1, 0.15) is 0 Å². The molecule has 2 N–H and O–H groups in total. The van der Waals surface area contributed by atoms with Crippen LogP contribution in [-0.4, -0.2) is 41.6 Å². The van der Waals surface area contributed by atoms with Crippen molar-refractivity contribution in [2.75, 3.05) is 13.6 Å². The molecule has 1 rings (SSSR count). The van der Waals surface area contributed by atoms with Gasteiger partial charge in [-0.15, -0.1) is 12.3 Å². The number of nitrogens with one attached hydrogen (secondary N) is 1. The summed E-state index contributed by atoms with van der Waals surface area (Å²) in [6.07, 6.45) is 6.42. The highest BCUT2D eigenvalue weighted by atomic mass is 16.4. The molecule has 0 aliphatic carbocycles. The molecule has 0 heterocycles. The van der Waals surface area contributed by atoms with Crippen molar-refractivity contribution in [1.29, 1.82) is 0 Å². The second-order valence-electron chi connectivity index (χ2n) is 5.36. The van der Waals surface area contributed by atoms with Crippen LogP contribution in [0.15, 0.2) is 30.3 Å². The summed E-state index contributed by atoms with van der Waals surface area (Å²) in [6.45, 7) is 1.71. The minimum atomic E-state index is -0.927. The second-order valence-corrected chi connectivity index (χ2v) is 5.36. The van der Waals surface area contributed by atoms with E-state index in [2.05, 4.69) is 11.2 Å². The lowest BCUT2D eigenvalue weighted by atomic mass is 10.0. The molecular formula is C17H22N2O3. The highest BCUT2D eigenvalue weighted by Gasteiger charge is 2.19. The molecule has 5 heteroatoms. The van der Waals surface area contributed by atoms with Crippen LogP contribution in [0.1, 0.15) is 18.9 Å². The molecule has 2 amide bonds. The first kappa shape index (κ1) is 17.6. The summed E-state index contributed by atoms with van der Waals surface area (Å²) >= 11 is 0. The van der Waals surface area contributed by atoms with Crippen LogP contribution in [0.25, 0.3) is 0 Å². The minimum Gasteiger partial charge on any atom is -0.481 e. The lowest BCUT2D eigenvalue weighted by molar-refractivity contribution is -0.141. The Bertz CT molecular complexity index is 537. The van der Waals surface area contributed by atoms with Crippen LogP contribution in [0, 0.1) is 18.3 Å². The van der Waals surface area contributed by atoms with Crippen LogP contribution < -0.4 is 5.32 Å². The Kier molecular flexibility index (Phi) is 6.97. The summed E-state index contributed by atoms with van der Waals surface area (Å²) in [7, 11) is 1.57. The zero-order chi connectivity index (χ0) is 16.5. The molecule has 2 unspecified atom stereocenters. The Hall–Kier alpha value is -2.48. The predicted octanol–water partition coefficient (Wildman–Crippen LogP) is 1.98. The highest BCUT2D eigenvalue weighted by molar-refractivity contribution is 5.76. The van der Waals surface area contributed by atoms with Crippen molar-refractivity contribution in [1.82, 2.24) is 10.2 Å². The number of carbonyl (C=O) groups excluding carboxylic acids is 1. The van der Waals surface area contributed by atoms with Gasteiger partial charge in [-0.25, -0.2) is 4.79 Å². The van der Waals surface area contributed by atoms with Crippen molar-refractivity contribution >= 4 is 12.0 Å². The fourth-order valence-electron chi connectivity index (χ4n) is 2.07. The SMILES string of the molecule is C#CCC(Cc1ccccc1)NC(=O)N(C)CC(C)C(=O)O. The van der Waals surface area contributed by atoms with E-state index < -0.39 is 11.9 Å². The number of nitrogens with zero attached hydrogens (tertiary/aromatic N) is 1. The Morgan fingerprint density at radius 2 is 2.00 bits per heavy atom. The van der Waals surface area contributed by atoms with Crippen molar-refractivity contribution in [3.8, 4) is 12.3 Å². The van der Waals surface area contributed by atoms with Gasteiger partial charge in [-0.05, 0) is 12.0 Å². The maximum Gasteiger partial charge on any atom is 0.317 e. The van der Waals surface area contributed by atoms with Gasteiger partial charge in [-0.1, -0.05) is 37.3 Å². The minimum absolute atomic E-state index is 0.148. The average molecular weight is 302 g/mol. The first-order chi connectivity index (χ1) is 10.4. The topological polar surface area (TPSA) is 69.6 Å². The Morgan fingerprint density at radius 1 is 1.36 bits per heavy atom. The van der Waals surface area contributed by atoms with Crippen molar-refractivity contribution in [2.24, 2.45) is 5.92 Å². The van der Waals surface area contributed by atoms with Crippen molar-refractivity contribution in [3.05, 3.63) is 35.9 Å². The largest absolute Gasteiger partial charge is 0.481 e. The van der Waals surface area contributed by atoms with E-state index in [9.17, 15) is 9.59 Å². The average Bonchev–Trinajstić information content (AvgIpc) is 2.48. The van der Waals surface area contributed by atoms with Gasteiger partial charge in [-0.3, -0.25) is 4.79 Å². The van der Waals surface area contributed by atoms with Crippen LogP contribution in [0.5, 0.6) is 0 Å². The summed E-state index contributed by atoms with van der Waals surface area (Å²) in [5, 5.41) is 11.8. The summed E-state index contributed by atoms with van der Waals surface area (Å²) < 4.78 is 0. The molecule has 2 atom stereocenters. The van der Waals surface area contributed by atoms with E-state index >= 15 is 0 Å². The molecular weight excluding hydrogens is 280 g/mol. The van der Waals surface area contributed by atoms with E-state index in [1.165, 1.54) is 4.90 Å². The van der Waals surface area contributed by atoms with Gasteiger partial charge in [0.15, 0.2) is 0 Å². The highest BCUT2D eigenvalue weighted by Crippen LogP contribution is 2.07. The lowest BCUT2D eigenvalue weighted by Gasteiger charge is -2.24. The van der Waals surface area contributed by atoms with Crippen LogP contribution in [0.4, 0.5) is 4.79 Å². The molecule has 1 aromatic carbocycles. The standard InChI is InChI=1S/C17H22N2O3/c1-4-8-15(11-14-9-6-5-7-10-14)18-17(22)19(3)12-13(2)16(20)21/h1,5-7,9-10,13,15H,8,11-12H2,2-3H3,(H,18,22)(H,20,21). The maximum atomic E-state index is 12.1. The normalized spacial score (nSPS) is 12.8. The number of terminal acetylenes is 1. The summed E-state index contributed by atoms with van der Waals surface area (Å²) in [5.74, 6) is 1.02. The molecule has 0 aromatic heterocycles. The van der Waals surface area contributed by atoms with Gasteiger partial charge in [0.05, 0.1) is 5.92 Å². The molecule has 0 fully saturated rings. The van der Waals surface area contributed by atoms with E-state index in [0.29, 0.717) is 12.8 Å². The first-order valence-corrected chi connectivity index (χ1v) is 7.15. The quantitative estimate of drug-likeness (QED) is 0.757. The number of hydrogen-bond acceptors (Lipinski definition) is 2. The smallest absolute Gasteiger partial charge is 0.317 e. The van der Waals surface area contributed by atoms with Gasteiger partial charge in [0.25, 0.3) is 0 Å². The number of rotatable bonds is 7. The number of carboxylic acids is 1. The molecule has 22 heavy (non-hydrogen) atoms. The van der Waals surface area contributed by atoms with Crippen molar-refractivity contribution in [3.63, 3.8) is 0 Å². The van der Waals surface area contributed by atoms with E-state index in [4.69, 9.17) is 11.5 Å². The van der Waals surface area contributed by atoms with Crippen LogP contribution in [0.2, 0.25) is 0 Å². The number of urea groups is 1. The van der Waals surface area contributed by atoms with Gasteiger partial charge in [0.2, 0.25) is 0 Å². The number of aliphatic carboxylic acids is 1. The third kappa shape index (κ3) is 5.88. The zero-order valence-corrected chi connectivity index (χ0v) is 13.0. The molecule has 0 saturated carbocycles. The molecule has 118 valence electrons.